The first-order valence-corrected chi connectivity index (χ1v) is 7.25. The largest absolute Gasteiger partial charge is 0.477 e. The van der Waals surface area contributed by atoms with Crippen molar-refractivity contribution >= 4 is 41.1 Å². The monoisotopic (exact) mass is 281 g/mol. The standard InChI is InChI=1S/C12H11NO3S2/c14-11(13-8-4-2-1-3-5-8)9-10(12(15)16)18-7-6-17-9/h1-5H,6-7H2,(H,13,14)(H,15,16). The Morgan fingerprint density at radius 3 is 2.28 bits per heavy atom. The van der Waals surface area contributed by atoms with Gasteiger partial charge >= 0.3 is 5.97 Å². The minimum atomic E-state index is -1.04. The predicted molar refractivity (Wildman–Crippen MR) is 74.6 cm³/mol. The fourth-order valence-corrected chi connectivity index (χ4v) is 3.63. The number of anilines is 1. The summed E-state index contributed by atoms with van der Waals surface area (Å²) in [5, 5.41) is 11.8. The number of nitrogens with one attached hydrogen (secondary N) is 1. The summed E-state index contributed by atoms with van der Waals surface area (Å²) < 4.78 is 0. The van der Waals surface area contributed by atoms with E-state index >= 15 is 0 Å². The second kappa shape index (κ2) is 5.97. The molecule has 0 saturated heterocycles. The van der Waals surface area contributed by atoms with Gasteiger partial charge in [-0.15, -0.1) is 23.5 Å². The van der Waals surface area contributed by atoms with Gasteiger partial charge in [0.1, 0.15) is 4.91 Å². The lowest BCUT2D eigenvalue weighted by molar-refractivity contribution is -0.132. The molecular formula is C12H11NO3S2. The van der Waals surface area contributed by atoms with Gasteiger partial charge in [-0.2, -0.15) is 0 Å². The molecule has 6 heteroatoms. The molecule has 0 atom stereocenters. The van der Waals surface area contributed by atoms with Crippen molar-refractivity contribution in [3.63, 3.8) is 0 Å². The molecule has 1 aromatic carbocycles. The number of carbonyl (C=O) groups is 2. The molecule has 0 fully saturated rings. The highest BCUT2D eigenvalue weighted by Gasteiger charge is 2.25. The number of rotatable bonds is 3. The number of hydrogen-bond donors (Lipinski definition) is 2. The Hall–Kier alpha value is -1.40. The van der Waals surface area contributed by atoms with Crippen LogP contribution < -0.4 is 5.32 Å². The first kappa shape index (κ1) is 13.0. The first-order valence-electron chi connectivity index (χ1n) is 5.28. The topological polar surface area (TPSA) is 66.4 Å². The van der Waals surface area contributed by atoms with E-state index in [1.54, 1.807) is 12.1 Å². The average molecular weight is 281 g/mol. The minimum absolute atomic E-state index is 0.139. The fourth-order valence-electron chi connectivity index (χ4n) is 1.46. The van der Waals surface area contributed by atoms with Gasteiger partial charge < -0.3 is 10.4 Å². The third-order valence-corrected chi connectivity index (χ3v) is 4.76. The van der Waals surface area contributed by atoms with Crippen LogP contribution in [0.3, 0.4) is 0 Å². The molecule has 1 amide bonds. The third-order valence-electron chi connectivity index (χ3n) is 2.21. The van der Waals surface area contributed by atoms with E-state index < -0.39 is 5.97 Å². The summed E-state index contributed by atoms with van der Waals surface area (Å²) in [5.74, 6) is 0.0779. The molecular weight excluding hydrogens is 270 g/mol. The van der Waals surface area contributed by atoms with Gasteiger partial charge in [0.15, 0.2) is 0 Å². The number of carbonyl (C=O) groups excluding carboxylic acids is 1. The number of amides is 1. The van der Waals surface area contributed by atoms with Crippen molar-refractivity contribution in [1.29, 1.82) is 0 Å². The summed E-state index contributed by atoms with van der Waals surface area (Å²) in [5.41, 5.74) is 0.663. The van der Waals surface area contributed by atoms with Gasteiger partial charge in [-0.3, -0.25) is 4.79 Å². The lowest BCUT2D eigenvalue weighted by Gasteiger charge is -2.16. The molecule has 0 aromatic heterocycles. The zero-order valence-corrected chi connectivity index (χ0v) is 11.0. The molecule has 0 aliphatic carbocycles. The van der Waals surface area contributed by atoms with E-state index in [0.717, 1.165) is 5.75 Å². The second-order valence-electron chi connectivity index (χ2n) is 3.48. The molecule has 0 radical (unpaired) electrons. The van der Waals surface area contributed by atoms with Crippen molar-refractivity contribution in [3.05, 3.63) is 40.1 Å². The van der Waals surface area contributed by atoms with Crippen LogP contribution in [0.2, 0.25) is 0 Å². The molecule has 18 heavy (non-hydrogen) atoms. The smallest absolute Gasteiger partial charge is 0.343 e. The molecule has 1 aliphatic heterocycles. The van der Waals surface area contributed by atoms with Gasteiger partial charge in [0.2, 0.25) is 0 Å². The summed E-state index contributed by atoms with van der Waals surface area (Å²) >= 11 is 2.51. The Bertz CT molecular complexity index is 499. The normalized spacial score (nSPS) is 15.3. The Morgan fingerprint density at radius 1 is 1.06 bits per heavy atom. The molecule has 0 saturated carbocycles. The zero-order chi connectivity index (χ0) is 13.0. The van der Waals surface area contributed by atoms with Crippen molar-refractivity contribution in [1.82, 2.24) is 0 Å². The zero-order valence-electron chi connectivity index (χ0n) is 9.38. The molecule has 0 unspecified atom stereocenters. The number of para-hydroxylation sites is 1. The van der Waals surface area contributed by atoms with Crippen molar-refractivity contribution in [3.8, 4) is 0 Å². The van der Waals surface area contributed by atoms with Crippen LogP contribution in [0.5, 0.6) is 0 Å². The average Bonchev–Trinajstić information content (AvgIpc) is 2.40. The summed E-state index contributed by atoms with van der Waals surface area (Å²) in [4.78, 5) is 23.5. The van der Waals surface area contributed by atoms with Gasteiger partial charge in [0.25, 0.3) is 5.91 Å². The molecule has 0 bridgehead atoms. The number of carboxylic acids is 1. The number of thioether (sulfide) groups is 2. The van der Waals surface area contributed by atoms with Crippen LogP contribution in [0.25, 0.3) is 0 Å². The van der Waals surface area contributed by atoms with Gasteiger partial charge in [0.05, 0.1) is 4.91 Å². The summed E-state index contributed by atoms with van der Waals surface area (Å²) in [6.45, 7) is 0. The van der Waals surface area contributed by atoms with Gasteiger partial charge in [-0.05, 0) is 12.1 Å². The van der Waals surface area contributed by atoms with Crippen molar-refractivity contribution in [2.75, 3.05) is 16.8 Å². The van der Waals surface area contributed by atoms with E-state index in [0.29, 0.717) is 16.3 Å². The van der Waals surface area contributed by atoms with Crippen molar-refractivity contribution in [2.24, 2.45) is 0 Å². The van der Waals surface area contributed by atoms with E-state index in [-0.39, 0.29) is 10.8 Å². The van der Waals surface area contributed by atoms with Crippen LogP contribution in [-0.4, -0.2) is 28.5 Å². The van der Waals surface area contributed by atoms with Crippen LogP contribution in [-0.2, 0) is 9.59 Å². The Balaban J connectivity index is 2.19. The number of aliphatic carboxylic acids is 1. The molecule has 2 N–H and O–H groups in total. The second-order valence-corrected chi connectivity index (χ2v) is 5.69. The van der Waals surface area contributed by atoms with E-state index in [1.807, 2.05) is 18.2 Å². The maximum atomic E-state index is 12.0. The Labute approximate surface area is 113 Å². The van der Waals surface area contributed by atoms with Crippen LogP contribution in [0.4, 0.5) is 5.69 Å². The third kappa shape index (κ3) is 3.08. The maximum absolute atomic E-state index is 12.0. The molecule has 1 heterocycles. The van der Waals surface area contributed by atoms with E-state index in [4.69, 9.17) is 5.11 Å². The van der Waals surface area contributed by atoms with E-state index in [2.05, 4.69) is 5.32 Å². The van der Waals surface area contributed by atoms with Gasteiger partial charge in [-0.25, -0.2) is 4.79 Å². The molecule has 4 nitrogen and oxygen atoms in total. The van der Waals surface area contributed by atoms with Crippen LogP contribution in [0, 0.1) is 0 Å². The van der Waals surface area contributed by atoms with Crippen LogP contribution in [0.1, 0.15) is 0 Å². The molecule has 1 aromatic rings. The Morgan fingerprint density at radius 2 is 1.67 bits per heavy atom. The first-order chi connectivity index (χ1) is 8.68. The molecule has 1 aliphatic rings. The van der Waals surface area contributed by atoms with Crippen molar-refractivity contribution < 1.29 is 14.7 Å². The lowest BCUT2D eigenvalue weighted by atomic mass is 10.3. The highest BCUT2D eigenvalue weighted by Crippen LogP contribution is 2.34. The maximum Gasteiger partial charge on any atom is 0.343 e. The molecule has 94 valence electrons. The number of hydrogen-bond acceptors (Lipinski definition) is 4. The summed E-state index contributed by atoms with van der Waals surface area (Å²) in [6.07, 6.45) is 0. The molecule has 2 rings (SSSR count). The van der Waals surface area contributed by atoms with Crippen molar-refractivity contribution in [2.45, 2.75) is 0 Å². The summed E-state index contributed by atoms with van der Waals surface area (Å²) in [7, 11) is 0. The van der Waals surface area contributed by atoms with Crippen LogP contribution in [0.15, 0.2) is 40.1 Å². The van der Waals surface area contributed by atoms with Crippen LogP contribution >= 0.6 is 23.5 Å². The number of benzene rings is 1. The highest BCUT2D eigenvalue weighted by molar-refractivity contribution is 8.11. The lowest BCUT2D eigenvalue weighted by Crippen LogP contribution is -2.19. The predicted octanol–water partition coefficient (Wildman–Crippen LogP) is 2.40. The van der Waals surface area contributed by atoms with E-state index in [1.165, 1.54) is 23.5 Å². The van der Waals surface area contributed by atoms with E-state index in [9.17, 15) is 9.59 Å². The highest BCUT2D eigenvalue weighted by atomic mass is 32.2. The number of carboxylic acid groups (broad SMARTS) is 1. The SMILES string of the molecule is O=C(O)C1=C(C(=O)Nc2ccccc2)SCCS1. The quantitative estimate of drug-likeness (QED) is 0.890. The molecule has 0 spiro atoms. The minimum Gasteiger partial charge on any atom is -0.477 e. The fraction of sp³-hybridized carbons (Fsp3) is 0.167. The Kier molecular flexibility index (Phi) is 4.33. The van der Waals surface area contributed by atoms with Gasteiger partial charge in [-0.1, -0.05) is 18.2 Å². The summed E-state index contributed by atoms with van der Waals surface area (Å²) in [6, 6.07) is 9.00. The van der Waals surface area contributed by atoms with Gasteiger partial charge in [0, 0.05) is 17.2 Å².